The molecule has 0 saturated carbocycles. The predicted molar refractivity (Wildman–Crippen MR) is 165 cm³/mol. The van der Waals surface area contributed by atoms with E-state index in [0.717, 1.165) is 37.3 Å². The van der Waals surface area contributed by atoms with Crippen molar-refractivity contribution in [2.24, 2.45) is 0 Å². The number of nitrogens with zero attached hydrogens (tertiary/aromatic N) is 2. The number of rotatable bonds is 10. The van der Waals surface area contributed by atoms with E-state index in [1.807, 2.05) is 101 Å². The van der Waals surface area contributed by atoms with Crippen LogP contribution in [-0.2, 0) is 32.6 Å². The van der Waals surface area contributed by atoms with Crippen LogP contribution in [0.3, 0.4) is 0 Å². The quantitative estimate of drug-likeness (QED) is 0.327. The number of amides is 2. The highest BCUT2D eigenvalue weighted by Gasteiger charge is 2.34. The van der Waals surface area contributed by atoms with E-state index < -0.39 is 34.1 Å². The second kappa shape index (κ2) is 13.0. The van der Waals surface area contributed by atoms with E-state index in [9.17, 15) is 18.0 Å². The topological polar surface area (TPSA) is 86.8 Å². The zero-order valence-electron chi connectivity index (χ0n) is 23.9. The van der Waals surface area contributed by atoms with Crippen molar-refractivity contribution in [2.45, 2.75) is 59.2 Å². The van der Waals surface area contributed by atoms with Crippen LogP contribution in [0.25, 0.3) is 0 Å². The first-order valence-corrected chi connectivity index (χ1v) is 15.7. The number of hydrogen-bond acceptors (Lipinski definition) is 4. The Kier molecular flexibility index (Phi) is 10.2. The number of halogens is 1. The number of anilines is 1. The maximum absolute atomic E-state index is 14.2. The Bertz CT molecular complexity index is 1450. The molecule has 214 valence electrons. The highest BCUT2D eigenvalue weighted by molar-refractivity contribution is 9.10. The fraction of sp³-hybridized carbons (Fsp3) is 0.355. The standard InChI is InChI=1S/C31H38BrN3O4S/c1-22-15-16-23(2)27(17-22)35(40(6,38)39)21-29(36)34(20-25-13-10-14-26(32)18-25)28(30(37)33-31(3,4)5)19-24-11-8-7-9-12-24/h7-18,28H,19-21H2,1-6H3,(H,33,37)/t28-/m0/s1. The van der Waals surface area contributed by atoms with Crippen molar-refractivity contribution in [1.82, 2.24) is 10.2 Å². The van der Waals surface area contributed by atoms with E-state index in [2.05, 4.69) is 21.2 Å². The van der Waals surface area contributed by atoms with E-state index in [1.54, 1.807) is 6.07 Å². The van der Waals surface area contributed by atoms with Crippen LogP contribution in [0.1, 0.15) is 43.0 Å². The number of aryl methyl sites for hydroxylation is 2. The minimum atomic E-state index is -3.82. The third-order valence-electron chi connectivity index (χ3n) is 6.32. The van der Waals surface area contributed by atoms with Crippen LogP contribution in [0.15, 0.2) is 77.3 Å². The zero-order valence-corrected chi connectivity index (χ0v) is 26.3. The van der Waals surface area contributed by atoms with Crippen LogP contribution in [0.5, 0.6) is 0 Å². The smallest absolute Gasteiger partial charge is 0.244 e. The van der Waals surface area contributed by atoms with Crippen molar-refractivity contribution in [1.29, 1.82) is 0 Å². The summed E-state index contributed by atoms with van der Waals surface area (Å²) in [6, 6.07) is 21.6. The molecule has 0 saturated heterocycles. The molecule has 3 aromatic rings. The highest BCUT2D eigenvalue weighted by Crippen LogP contribution is 2.25. The average Bonchev–Trinajstić information content (AvgIpc) is 2.85. The van der Waals surface area contributed by atoms with Crippen LogP contribution < -0.4 is 9.62 Å². The molecule has 9 heteroatoms. The lowest BCUT2D eigenvalue weighted by Crippen LogP contribution is -2.56. The molecule has 3 rings (SSSR count). The van der Waals surface area contributed by atoms with E-state index in [0.29, 0.717) is 5.69 Å². The number of hydrogen-bond donors (Lipinski definition) is 1. The zero-order chi connectivity index (χ0) is 29.7. The maximum atomic E-state index is 14.2. The summed E-state index contributed by atoms with van der Waals surface area (Å²) in [6.07, 6.45) is 1.36. The first kappa shape index (κ1) is 31.4. The van der Waals surface area contributed by atoms with Gasteiger partial charge in [-0.3, -0.25) is 13.9 Å². The fourth-order valence-corrected chi connectivity index (χ4v) is 5.77. The van der Waals surface area contributed by atoms with E-state index in [4.69, 9.17) is 0 Å². The number of carbonyl (C=O) groups is 2. The van der Waals surface area contributed by atoms with Crippen LogP contribution >= 0.6 is 15.9 Å². The molecular formula is C31H38BrN3O4S. The molecule has 7 nitrogen and oxygen atoms in total. The van der Waals surface area contributed by atoms with Crippen LogP contribution in [0, 0.1) is 13.8 Å². The van der Waals surface area contributed by atoms with E-state index in [-0.39, 0.29) is 18.9 Å². The van der Waals surface area contributed by atoms with Gasteiger partial charge in [-0.25, -0.2) is 8.42 Å². The van der Waals surface area contributed by atoms with Gasteiger partial charge in [-0.2, -0.15) is 0 Å². The summed E-state index contributed by atoms with van der Waals surface area (Å²) in [4.78, 5) is 29.5. The maximum Gasteiger partial charge on any atom is 0.244 e. The van der Waals surface area contributed by atoms with Crippen molar-refractivity contribution < 1.29 is 18.0 Å². The molecule has 0 radical (unpaired) electrons. The Balaban J connectivity index is 2.10. The van der Waals surface area contributed by atoms with Gasteiger partial charge in [0, 0.05) is 23.0 Å². The molecule has 0 aliphatic heterocycles. The second-order valence-electron chi connectivity index (χ2n) is 11.2. The van der Waals surface area contributed by atoms with Gasteiger partial charge in [0.25, 0.3) is 0 Å². The normalized spacial score (nSPS) is 12.5. The first-order chi connectivity index (χ1) is 18.6. The molecule has 0 heterocycles. The van der Waals surface area contributed by atoms with Crippen LogP contribution in [0.4, 0.5) is 5.69 Å². The van der Waals surface area contributed by atoms with Gasteiger partial charge >= 0.3 is 0 Å². The van der Waals surface area contributed by atoms with Crippen molar-refractivity contribution in [3.63, 3.8) is 0 Å². The lowest BCUT2D eigenvalue weighted by Gasteiger charge is -2.35. The van der Waals surface area contributed by atoms with Crippen LogP contribution in [0.2, 0.25) is 0 Å². The SMILES string of the molecule is Cc1ccc(C)c(N(CC(=O)N(Cc2cccc(Br)c2)[C@@H](Cc2ccccc2)C(=O)NC(C)(C)C)S(C)(=O)=O)c1. The fourth-order valence-electron chi connectivity index (χ4n) is 4.42. The summed E-state index contributed by atoms with van der Waals surface area (Å²) < 4.78 is 28.0. The molecule has 0 spiro atoms. The molecule has 3 aromatic carbocycles. The molecule has 0 bridgehead atoms. The number of nitrogens with one attached hydrogen (secondary N) is 1. The number of benzene rings is 3. The molecule has 2 amide bonds. The summed E-state index contributed by atoms with van der Waals surface area (Å²) in [5.41, 5.74) is 3.21. The Labute approximate surface area is 246 Å². The number of sulfonamides is 1. The molecule has 1 atom stereocenters. The molecule has 0 aromatic heterocycles. The van der Waals surface area contributed by atoms with Crippen molar-refractivity contribution in [3.05, 3.63) is 99.5 Å². The van der Waals surface area contributed by atoms with Gasteiger partial charge in [0.1, 0.15) is 12.6 Å². The summed E-state index contributed by atoms with van der Waals surface area (Å²) in [7, 11) is -3.82. The summed E-state index contributed by atoms with van der Waals surface area (Å²) in [5, 5.41) is 3.03. The molecular weight excluding hydrogens is 590 g/mol. The van der Waals surface area contributed by atoms with Gasteiger partial charge in [-0.15, -0.1) is 0 Å². The monoisotopic (exact) mass is 627 g/mol. The Hall–Kier alpha value is -3.17. The van der Waals surface area contributed by atoms with Crippen molar-refractivity contribution in [2.75, 3.05) is 17.1 Å². The Morgan fingerprint density at radius 1 is 0.925 bits per heavy atom. The van der Waals surface area contributed by atoms with Gasteiger partial charge in [0.15, 0.2) is 0 Å². The van der Waals surface area contributed by atoms with E-state index >= 15 is 0 Å². The van der Waals surface area contributed by atoms with Crippen LogP contribution in [-0.4, -0.2) is 49.5 Å². The van der Waals surface area contributed by atoms with Gasteiger partial charge in [0.05, 0.1) is 11.9 Å². The molecule has 0 fully saturated rings. The number of carbonyl (C=O) groups excluding carboxylic acids is 2. The lowest BCUT2D eigenvalue weighted by atomic mass is 10.0. The second-order valence-corrected chi connectivity index (χ2v) is 14.0. The molecule has 1 N–H and O–H groups in total. The molecule has 0 unspecified atom stereocenters. The third-order valence-corrected chi connectivity index (χ3v) is 7.94. The van der Waals surface area contributed by atoms with Gasteiger partial charge in [-0.05, 0) is 75.1 Å². The van der Waals surface area contributed by atoms with Crippen molar-refractivity contribution >= 4 is 43.5 Å². The summed E-state index contributed by atoms with van der Waals surface area (Å²) >= 11 is 3.49. The Morgan fingerprint density at radius 3 is 2.17 bits per heavy atom. The lowest BCUT2D eigenvalue weighted by molar-refractivity contribution is -0.140. The molecule has 0 aliphatic rings. The van der Waals surface area contributed by atoms with E-state index in [1.165, 1.54) is 4.90 Å². The summed E-state index contributed by atoms with van der Waals surface area (Å²) in [6.45, 7) is 9.02. The minimum Gasteiger partial charge on any atom is -0.350 e. The van der Waals surface area contributed by atoms with Gasteiger partial charge < -0.3 is 10.2 Å². The van der Waals surface area contributed by atoms with Gasteiger partial charge in [0.2, 0.25) is 21.8 Å². The third kappa shape index (κ3) is 8.93. The Morgan fingerprint density at radius 2 is 1.57 bits per heavy atom. The predicted octanol–water partition coefficient (Wildman–Crippen LogP) is 5.39. The first-order valence-electron chi connectivity index (χ1n) is 13.1. The molecule has 40 heavy (non-hydrogen) atoms. The highest BCUT2D eigenvalue weighted by atomic mass is 79.9. The summed E-state index contributed by atoms with van der Waals surface area (Å²) in [5.74, 6) is -0.784. The average molecular weight is 629 g/mol. The minimum absolute atomic E-state index is 0.123. The van der Waals surface area contributed by atoms with Gasteiger partial charge in [-0.1, -0.05) is 70.5 Å². The largest absolute Gasteiger partial charge is 0.350 e. The van der Waals surface area contributed by atoms with Crippen molar-refractivity contribution in [3.8, 4) is 0 Å². The molecule has 0 aliphatic carbocycles.